The molecule has 0 radical (unpaired) electrons. The molecular formula is C21H21ClN2O3S. The number of nitrogens with one attached hydrogen (secondary N) is 1. The van der Waals surface area contributed by atoms with Gasteiger partial charge in [0.2, 0.25) is 10.0 Å². The van der Waals surface area contributed by atoms with E-state index in [9.17, 15) is 13.7 Å². The van der Waals surface area contributed by atoms with E-state index in [1.165, 1.54) is 30.5 Å². The first-order valence-corrected chi connectivity index (χ1v) is 11.0. The molecule has 0 unspecified atom stereocenters. The minimum absolute atomic E-state index is 0.170. The Labute approximate surface area is 170 Å². The summed E-state index contributed by atoms with van der Waals surface area (Å²) in [6.07, 6.45) is 7.50. The fraction of sp³-hybridized carbons (Fsp3) is 0.286. The number of nitriles is 1. The third-order valence-electron chi connectivity index (χ3n) is 4.57. The van der Waals surface area contributed by atoms with Crippen molar-refractivity contribution in [1.29, 1.82) is 5.26 Å². The van der Waals surface area contributed by atoms with Gasteiger partial charge in [-0.15, -0.1) is 0 Å². The van der Waals surface area contributed by atoms with Gasteiger partial charge in [-0.1, -0.05) is 29.3 Å². The maximum atomic E-state index is 12.5. The van der Waals surface area contributed by atoms with Crippen molar-refractivity contribution in [3.05, 3.63) is 64.7 Å². The molecule has 0 saturated carbocycles. The summed E-state index contributed by atoms with van der Waals surface area (Å²) >= 11 is 5.99. The second kappa shape index (κ2) is 9.24. The number of hydrogen-bond donors (Lipinski definition) is 1. The number of benzene rings is 2. The van der Waals surface area contributed by atoms with Gasteiger partial charge in [-0.2, -0.15) is 5.26 Å². The Bertz CT molecular complexity index is 1010. The first-order chi connectivity index (χ1) is 13.5. The van der Waals surface area contributed by atoms with E-state index < -0.39 is 10.0 Å². The average molecular weight is 417 g/mol. The third kappa shape index (κ3) is 5.14. The molecule has 0 saturated heterocycles. The molecule has 2 aromatic rings. The van der Waals surface area contributed by atoms with Crippen LogP contribution in [0.15, 0.2) is 59.0 Å². The van der Waals surface area contributed by atoms with E-state index in [1.54, 1.807) is 30.3 Å². The van der Waals surface area contributed by atoms with Crippen LogP contribution >= 0.6 is 11.6 Å². The lowest BCUT2D eigenvalue weighted by molar-refractivity contribution is 0.480. The molecule has 0 bridgehead atoms. The van der Waals surface area contributed by atoms with Gasteiger partial charge >= 0.3 is 0 Å². The van der Waals surface area contributed by atoms with Crippen molar-refractivity contribution >= 4 is 21.6 Å². The number of rotatable bonds is 7. The van der Waals surface area contributed by atoms with Crippen LogP contribution in [0.3, 0.4) is 0 Å². The summed E-state index contributed by atoms with van der Waals surface area (Å²) in [6, 6.07) is 13.0. The van der Waals surface area contributed by atoms with Crippen LogP contribution in [0.5, 0.6) is 11.5 Å². The number of allylic oxidation sites excluding steroid dienone is 1. The SMILES string of the molecule is N#Cc1c(Cl)cccc1Oc1ccc(S(=O)(=O)NCCC2=CCCCC2)cc1. The number of halogens is 1. The average Bonchev–Trinajstić information content (AvgIpc) is 2.69. The Morgan fingerprint density at radius 1 is 1.14 bits per heavy atom. The molecule has 0 atom stereocenters. The van der Waals surface area contributed by atoms with Gasteiger partial charge in [0.05, 0.1) is 9.92 Å². The van der Waals surface area contributed by atoms with Crippen molar-refractivity contribution in [2.45, 2.75) is 37.0 Å². The Hall–Kier alpha value is -2.33. The summed E-state index contributed by atoms with van der Waals surface area (Å²) < 4.78 is 33.2. The van der Waals surface area contributed by atoms with Crippen LogP contribution in [-0.4, -0.2) is 15.0 Å². The molecule has 0 aliphatic heterocycles. The maximum absolute atomic E-state index is 12.5. The van der Waals surface area contributed by atoms with E-state index in [2.05, 4.69) is 10.8 Å². The van der Waals surface area contributed by atoms with E-state index in [0.717, 1.165) is 19.3 Å². The van der Waals surface area contributed by atoms with Gasteiger partial charge in [-0.3, -0.25) is 0 Å². The van der Waals surface area contributed by atoms with E-state index in [-0.39, 0.29) is 10.5 Å². The van der Waals surface area contributed by atoms with Crippen LogP contribution < -0.4 is 9.46 Å². The van der Waals surface area contributed by atoms with Crippen LogP contribution in [0.4, 0.5) is 0 Å². The lowest BCUT2D eigenvalue weighted by Crippen LogP contribution is -2.25. The van der Waals surface area contributed by atoms with Crippen molar-refractivity contribution in [2.24, 2.45) is 0 Å². The molecule has 1 aliphatic carbocycles. The molecule has 1 N–H and O–H groups in total. The van der Waals surface area contributed by atoms with Gasteiger partial charge in [0.15, 0.2) is 0 Å². The van der Waals surface area contributed by atoms with Crippen molar-refractivity contribution in [3.63, 3.8) is 0 Å². The van der Waals surface area contributed by atoms with E-state index >= 15 is 0 Å². The molecule has 28 heavy (non-hydrogen) atoms. The molecule has 0 fully saturated rings. The van der Waals surface area contributed by atoms with Crippen LogP contribution in [0.2, 0.25) is 5.02 Å². The van der Waals surface area contributed by atoms with Crippen molar-refractivity contribution < 1.29 is 13.2 Å². The molecule has 7 heteroatoms. The quantitative estimate of drug-likeness (QED) is 0.631. The normalized spacial score (nSPS) is 14.2. The number of sulfonamides is 1. The Kier molecular flexibility index (Phi) is 6.74. The highest BCUT2D eigenvalue weighted by molar-refractivity contribution is 7.89. The summed E-state index contributed by atoms with van der Waals surface area (Å²) in [6.45, 7) is 0.389. The monoisotopic (exact) mass is 416 g/mol. The molecule has 0 spiro atoms. The van der Waals surface area contributed by atoms with Crippen LogP contribution in [0, 0.1) is 11.3 Å². The lowest BCUT2D eigenvalue weighted by atomic mass is 9.97. The summed E-state index contributed by atoms with van der Waals surface area (Å²) in [5, 5.41) is 9.50. The van der Waals surface area contributed by atoms with E-state index in [4.69, 9.17) is 16.3 Å². The van der Waals surface area contributed by atoms with Gasteiger partial charge < -0.3 is 4.74 Å². The number of ether oxygens (including phenoxy) is 1. The topological polar surface area (TPSA) is 79.2 Å². The second-order valence-corrected chi connectivity index (χ2v) is 8.73. The molecule has 2 aromatic carbocycles. The van der Waals surface area contributed by atoms with Crippen molar-refractivity contribution in [3.8, 4) is 17.6 Å². The van der Waals surface area contributed by atoms with Crippen molar-refractivity contribution in [1.82, 2.24) is 4.72 Å². The predicted molar refractivity (Wildman–Crippen MR) is 109 cm³/mol. The van der Waals surface area contributed by atoms with Gasteiger partial charge in [0, 0.05) is 6.54 Å². The standard InChI is InChI=1S/C21H21ClN2O3S/c22-20-7-4-8-21(19(20)15-23)27-17-9-11-18(12-10-17)28(25,26)24-14-13-16-5-2-1-3-6-16/h4-5,7-12,24H,1-3,6,13-14H2. The first-order valence-electron chi connectivity index (χ1n) is 9.14. The smallest absolute Gasteiger partial charge is 0.240 e. The summed E-state index contributed by atoms with van der Waals surface area (Å²) in [5.41, 5.74) is 1.56. The maximum Gasteiger partial charge on any atom is 0.240 e. The van der Waals surface area contributed by atoms with Crippen LogP contribution in [-0.2, 0) is 10.0 Å². The van der Waals surface area contributed by atoms with Crippen LogP contribution in [0.25, 0.3) is 0 Å². The van der Waals surface area contributed by atoms with Crippen LogP contribution in [0.1, 0.15) is 37.7 Å². The number of hydrogen-bond acceptors (Lipinski definition) is 4. The highest BCUT2D eigenvalue weighted by atomic mass is 35.5. The minimum Gasteiger partial charge on any atom is -0.456 e. The molecular weight excluding hydrogens is 396 g/mol. The Balaban J connectivity index is 1.64. The molecule has 5 nitrogen and oxygen atoms in total. The van der Waals surface area contributed by atoms with Gasteiger partial charge in [-0.25, -0.2) is 13.1 Å². The minimum atomic E-state index is -3.58. The van der Waals surface area contributed by atoms with Gasteiger partial charge in [-0.05, 0) is 68.5 Å². The zero-order valence-electron chi connectivity index (χ0n) is 15.3. The van der Waals surface area contributed by atoms with Crippen molar-refractivity contribution in [2.75, 3.05) is 6.54 Å². The predicted octanol–water partition coefficient (Wildman–Crippen LogP) is 5.17. The Morgan fingerprint density at radius 3 is 2.61 bits per heavy atom. The van der Waals surface area contributed by atoms with Gasteiger partial charge in [0.25, 0.3) is 0 Å². The molecule has 0 amide bonds. The molecule has 3 rings (SSSR count). The number of nitrogens with zero attached hydrogens (tertiary/aromatic N) is 1. The Morgan fingerprint density at radius 2 is 1.93 bits per heavy atom. The summed E-state index contributed by atoms with van der Waals surface area (Å²) in [7, 11) is -3.58. The summed E-state index contributed by atoms with van der Waals surface area (Å²) in [5.74, 6) is 0.745. The first kappa shape index (κ1) is 20.4. The molecule has 0 aromatic heterocycles. The fourth-order valence-corrected chi connectivity index (χ4v) is 4.31. The largest absolute Gasteiger partial charge is 0.456 e. The summed E-state index contributed by atoms with van der Waals surface area (Å²) in [4.78, 5) is 0.170. The zero-order chi connectivity index (χ0) is 20.0. The zero-order valence-corrected chi connectivity index (χ0v) is 16.9. The van der Waals surface area contributed by atoms with Gasteiger partial charge in [0.1, 0.15) is 23.1 Å². The fourth-order valence-electron chi connectivity index (χ4n) is 3.07. The van der Waals surface area contributed by atoms with E-state index in [1.807, 2.05) is 6.07 Å². The molecule has 146 valence electrons. The lowest BCUT2D eigenvalue weighted by Gasteiger charge is -2.13. The highest BCUT2D eigenvalue weighted by Crippen LogP contribution is 2.30. The highest BCUT2D eigenvalue weighted by Gasteiger charge is 2.15. The third-order valence-corrected chi connectivity index (χ3v) is 6.36. The second-order valence-electron chi connectivity index (χ2n) is 6.55. The molecule has 1 aliphatic rings. The van der Waals surface area contributed by atoms with E-state index in [0.29, 0.717) is 23.1 Å². The molecule has 0 heterocycles.